The molecular formula is C17H26N5O6P. The van der Waals surface area contributed by atoms with E-state index >= 15 is 0 Å². The highest BCUT2D eigenvalue weighted by Crippen LogP contribution is 2.51. The first kappa shape index (κ1) is 21.6. The van der Waals surface area contributed by atoms with Crippen LogP contribution in [0.3, 0.4) is 0 Å². The highest BCUT2D eigenvalue weighted by Gasteiger charge is 2.46. The van der Waals surface area contributed by atoms with Crippen LogP contribution in [0.2, 0.25) is 0 Å². The van der Waals surface area contributed by atoms with Crippen LogP contribution in [0.25, 0.3) is 11.2 Å². The van der Waals surface area contributed by atoms with Gasteiger partial charge in [-0.05, 0) is 33.6 Å². The van der Waals surface area contributed by atoms with Crippen LogP contribution in [-0.2, 0) is 34.4 Å². The number of ether oxygens (including phenoxy) is 2. The molecule has 2 N–H and O–H groups in total. The van der Waals surface area contributed by atoms with Gasteiger partial charge in [0.1, 0.15) is 11.9 Å². The van der Waals surface area contributed by atoms with Crippen LogP contribution in [0.1, 0.15) is 33.6 Å². The monoisotopic (exact) mass is 427 g/mol. The van der Waals surface area contributed by atoms with Crippen LogP contribution in [-0.4, -0.2) is 51.3 Å². The van der Waals surface area contributed by atoms with Gasteiger partial charge in [0.05, 0.1) is 30.1 Å². The summed E-state index contributed by atoms with van der Waals surface area (Å²) in [6.07, 6.45) is 4.48. The van der Waals surface area contributed by atoms with E-state index in [0.29, 0.717) is 17.7 Å². The molecule has 1 fully saturated rings. The number of aromatic nitrogens is 4. The number of hydrogen-bond acceptors (Lipinski definition) is 10. The maximum atomic E-state index is 12.7. The van der Waals surface area contributed by atoms with Crippen molar-refractivity contribution in [3.8, 4) is 0 Å². The lowest BCUT2D eigenvalue weighted by atomic mass is 9.98. The number of fused-ring (bicyclic) bond motifs is 1. The third-order valence-electron chi connectivity index (χ3n) is 4.50. The summed E-state index contributed by atoms with van der Waals surface area (Å²) in [5, 5.41) is 0. The number of nitrogens with zero attached hydrogens (tertiary/aromatic N) is 4. The van der Waals surface area contributed by atoms with Gasteiger partial charge >= 0.3 is 13.6 Å². The van der Waals surface area contributed by atoms with Gasteiger partial charge in [-0.25, -0.2) is 9.97 Å². The molecule has 1 saturated carbocycles. The van der Waals surface area contributed by atoms with Gasteiger partial charge in [-0.15, -0.1) is 0 Å². The molecule has 1 atom stereocenters. The Balaban J connectivity index is 1.57. The predicted octanol–water partition coefficient (Wildman–Crippen LogP) is 2.32. The van der Waals surface area contributed by atoms with Crippen molar-refractivity contribution >= 4 is 30.7 Å². The van der Waals surface area contributed by atoms with Crippen LogP contribution in [0, 0.1) is 5.41 Å². The fourth-order valence-electron chi connectivity index (χ4n) is 2.52. The molecule has 29 heavy (non-hydrogen) atoms. The molecule has 0 radical (unpaired) electrons. The van der Waals surface area contributed by atoms with Gasteiger partial charge in [0, 0.05) is 7.11 Å². The molecule has 1 aliphatic rings. The summed E-state index contributed by atoms with van der Waals surface area (Å²) in [6.45, 7) is 5.12. The molecule has 0 saturated heterocycles. The fourth-order valence-corrected chi connectivity index (χ4v) is 3.45. The Labute approximate surface area is 168 Å². The molecule has 1 unspecified atom stereocenters. The molecule has 3 rings (SSSR count). The third-order valence-corrected chi connectivity index (χ3v) is 6.00. The Morgan fingerprint density at radius 2 is 2.07 bits per heavy atom. The second-order valence-corrected chi connectivity index (χ2v) is 10.1. The van der Waals surface area contributed by atoms with Gasteiger partial charge in [-0.1, -0.05) is 0 Å². The van der Waals surface area contributed by atoms with Crippen molar-refractivity contribution in [2.45, 2.75) is 45.8 Å². The molecule has 0 amide bonds. The average Bonchev–Trinajstić information content (AvgIpc) is 3.33. The molecule has 0 aliphatic heterocycles. The summed E-state index contributed by atoms with van der Waals surface area (Å²) >= 11 is 0. The minimum Gasteiger partial charge on any atom is -0.438 e. The maximum Gasteiger partial charge on any atom is 0.358 e. The number of rotatable bonds is 9. The SMILES string of the molecule is COP(=O)(COC1(Cn2cnc3cnc(N)nc32)CC1)OCOC(=O)C(C)(C)C. The Hall–Kier alpha value is -2.07. The zero-order valence-corrected chi connectivity index (χ0v) is 17.8. The van der Waals surface area contributed by atoms with Crippen LogP contribution in [0.4, 0.5) is 5.95 Å². The lowest BCUT2D eigenvalue weighted by Crippen LogP contribution is -2.25. The van der Waals surface area contributed by atoms with E-state index in [0.717, 1.165) is 12.8 Å². The van der Waals surface area contributed by atoms with E-state index in [1.165, 1.54) is 7.11 Å². The number of carbonyl (C=O) groups is 1. The first-order chi connectivity index (χ1) is 13.6. The highest BCUT2D eigenvalue weighted by molar-refractivity contribution is 7.53. The van der Waals surface area contributed by atoms with E-state index in [2.05, 4.69) is 15.0 Å². The van der Waals surface area contributed by atoms with Crippen LogP contribution in [0.15, 0.2) is 12.5 Å². The normalized spacial score (nSPS) is 17.8. The number of carbonyl (C=O) groups excluding carboxylic acids is 1. The largest absolute Gasteiger partial charge is 0.438 e. The molecular weight excluding hydrogens is 401 g/mol. The van der Waals surface area contributed by atoms with E-state index < -0.39 is 31.4 Å². The van der Waals surface area contributed by atoms with Gasteiger partial charge in [0.15, 0.2) is 5.65 Å². The van der Waals surface area contributed by atoms with Crippen LogP contribution in [0.5, 0.6) is 0 Å². The molecule has 2 heterocycles. The molecule has 11 nitrogen and oxygen atoms in total. The summed E-state index contributed by atoms with van der Waals surface area (Å²) in [7, 11) is -2.32. The van der Waals surface area contributed by atoms with Crippen molar-refractivity contribution in [2.24, 2.45) is 5.41 Å². The van der Waals surface area contributed by atoms with Gasteiger partial charge in [-0.2, -0.15) is 4.98 Å². The zero-order valence-electron chi connectivity index (χ0n) is 17.0. The summed E-state index contributed by atoms with van der Waals surface area (Å²) in [6, 6.07) is 0. The standard InChI is InChI=1S/C17H26N5O6P/c1-16(2,3)14(23)26-10-28-29(24,25-4)11-27-17(5-6-17)8-22-9-20-12-7-19-15(18)21-13(12)22/h7,9H,5-6,8,10-11H2,1-4H3,(H2,18,19,21). The Bertz CT molecular complexity index is 936. The van der Waals surface area contributed by atoms with Gasteiger partial charge in [0.2, 0.25) is 12.7 Å². The second kappa shape index (κ2) is 7.98. The van der Waals surface area contributed by atoms with Crippen LogP contribution >= 0.6 is 7.60 Å². The van der Waals surface area contributed by atoms with Crippen molar-refractivity contribution in [2.75, 3.05) is 26.0 Å². The molecule has 0 bridgehead atoms. The molecule has 2 aromatic heterocycles. The molecule has 12 heteroatoms. The zero-order chi connectivity index (χ0) is 21.3. The minimum atomic E-state index is -3.58. The first-order valence-corrected chi connectivity index (χ1v) is 10.8. The summed E-state index contributed by atoms with van der Waals surface area (Å²) in [5.41, 5.74) is 5.68. The van der Waals surface area contributed by atoms with E-state index in [9.17, 15) is 9.36 Å². The molecule has 160 valence electrons. The molecule has 0 aromatic carbocycles. The Morgan fingerprint density at radius 3 is 2.69 bits per heavy atom. The predicted molar refractivity (Wildman–Crippen MR) is 104 cm³/mol. The van der Waals surface area contributed by atoms with Crippen molar-refractivity contribution in [3.05, 3.63) is 12.5 Å². The fraction of sp³-hybridized carbons (Fsp3) is 0.647. The lowest BCUT2D eigenvalue weighted by Gasteiger charge is -2.22. The van der Waals surface area contributed by atoms with Gasteiger partial charge < -0.3 is 24.3 Å². The van der Waals surface area contributed by atoms with E-state index in [4.69, 9.17) is 24.3 Å². The highest BCUT2D eigenvalue weighted by atomic mass is 31.2. The number of esters is 1. The summed E-state index contributed by atoms with van der Waals surface area (Å²) < 4.78 is 35.6. The Kier molecular flexibility index (Phi) is 5.96. The van der Waals surface area contributed by atoms with Crippen molar-refractivity contribution < 1.29 is 27.9 Å². The van der Waals surface area contributed by atoms with Crippen LogP contribution < -0.4 is 5.73 Å². The topological polar surface area (TPSA) is 141 Å². The van der Waals surface area contributed by atoms with E-state index in [-0.39, 0.29) is 12.3 Å². The number of anilines is 1. The summed E-state index contributed by atoms with van der Waals surface area (Å²) in [5.74, 6) is -0.305. The quantitative estimate of drug-likeness (QED) is 0.360. The Morgan fingerprint density at radius 1 is 1.34 bits per heavy atom. The molecule has 1 aliphatic carbocycles. The smallest absolute Gasteiger partial charge is 0.358 e. The lowest BCUT2D eigenvalue weighted by molar-refractivity contribution is -0.160. The molecule has 2 aromatic rings. The number of nitrogens with two attached hydrogens (primary N) is 1. The molecule has 0 spiro atoms. The maximum absolute atomic E-state index is 12.7. The van der Waals surface area contributed by atoms with Gasteiger partial charge in [0.25, 0.3) is 0 Å². The average molecular weight is 427 g/mol. The number of imidazole rings is 1. The van der Waals surface area contributed by atoms with Crippen molar-refractivity contribution in [3.63, 3.8) is 0 Å². The van der Waals surface area contributed by atoms with Gasteiger partial charge in [-0.3, -0.25) is 13.9 Å². The number of nitrogen functional groups attached to an aromatic ring is 1. The van der Waals surface area contributed by atoms with E-state index in [1.54, 1.807) is 33.3 Å². The summed E-state index contributed by atoms with van der Waals surface area (Å²) in [4.78, 5) is 24.2. The minimum absolute atomic E-state index is 0.159. The first-order valence-electron chi connectivity index (χ1n) is 9.10. The van der Waals surface area contributed by atoms with Crippen molar-refractivity contribution in [1.29, 1.82) is 0 Å². The van der Waals surface area contributed by atoms with Crippen molar-refractivity contribution in [1.82, 2.24) is 19.5 Å². The number of hydrogen-bond donors (Lipinski definition) is 1. The second-order valence-electron chi connectivity index (χ2n) is 7.99. The van der Waals surface area contributed by atoms with E-state index in [1.807, 2.05) is 4.57 Å². The third kappa shape index (κ3) is 5.30.